The first-order chi connectivity index (χ1) is 14.4. The molecule has 1 aromatic heterocycles. The van der Waals surface area contributed by atoms with E-state index in [-0.39, 0.29) is 23.6 Å². The molecule has 0 aliphatic heterocycles. The average Bonchev–Trinajstić information content (AvgIpc) is 3.00. The van der Waals surface area contributed by atoms with Gasteiger partial charge in [-0.15, -0.1) is 0 Å². The Morgan fingerprint density at radius 3 is 2.57 bits per heavy atom. The van der Waals surface area contributed by atoms with Gasteiger partial charge in [-0.3, -0.25) is 9.59 Å². The Labute approximate surface area is 183 Å². The smallest absolute Gasteiger partial charge is 0.253 e. The minimum atomic E-state index is -0.187. The fraction of sp³-hybridized carbons (Fsp3) is 0.522. The number of aromatic nitrogens is 2. The van der Waals surface area contributed by atoms with E-state index >= 15 is 0 Å². The largest absolute Gasteiger partial charge is 0.350 e. The number of para-hydroxylation sites is 1. The van der Waals surface area contributed by atoms with E-state index in [9.17, 15) is 9.59 Å². The Morgan fingerprint density at radius 2 is 1.87 bits per heavy atom. The van der Waals surface area contributed by atoms with Gasteiger partial charge in [-0.25, -0.2) is 4.98 Å². The van der Waals surface area contributed by atoms with Gasteiger partial charge < -0.3 is 15.2 Å². The summed E-state index contributed by atoms with van der Waals surface area (Å²) in [5.41, 5.74) is 3.23. The summed E-state index contributed by atoms with van der Waals surface area (Å²) in [5.74, 6) is -0.0751. The summed E-state index contributed by atoms with van der Waals surface area (Å²) in [5, 5.41) is 6.69. The van der Waals surface area contributed by atoms with Crippen molar-refractivity contribution in [1.29, 1.82) is 0 Å². The van der Waals surface area contributed by atoms with Crippen molar-refractivity contribution in [2.75, 3.05) is 11.1 Å². The van der Waals surface area contributed by atoms with Gasteiger partial charge in [0.05, 0.1) is 22.7 Å². The van der Waals surface area contributed by atoms with E-state index < -0.39 is 0 Å². The maximum Gasteiger partial charge on any atom is 0.253 e. The van der Waals surface area contributed by atoms with Crippen LogP contribution in [0.25, 0.3) is 0 Å². The molecule has 0 saturated heterocycles. The van der Waals surface area contributed by atoms with Crippen LogP contribution in [-0.4, -0.2) is 33.2 Å². The van der Waals surface area contributed by atoms with Gasteiger partial charge >= 0.3 is 0 Å². The molecule has 2 amide bonds. The first-order valence-electron chi connectivity index (χ1n) is 10.7. The van der Waals surface area contributed by atoms with Crippen molar-refractivity contribution >= 4 is 29.3 Å². The molecule has 1 fully saturated rings. The van der Waals surface area contributed by atoms with Gasteiger partial charge in [-0.2, -0.15) is 0 Å². The zero-order valence-electron chi connectivity index (χ0n) is 18.3. The summed E-state index contributed by atoms with van der Waals surface area (Å²) in [4.78, 5) is 29.8. The Bertz CT molecular complexity index is 901. The van der Waals surface area contributed by atoms with Crippen LogP contribution in [-0.2, 0) is 4.79 Å². The number of hydrogen-bond acceptors (Lipinski definition) is 4. The third-order valence-corrected chi connectivity index (χ3v) is 6.44. The monoisotopic (exact) mass is 428 g/mol. The molecule has 2 aromatic rings. The number of carbonyl (C=O) groups is 2. The van der Waals surface area contributed by atoms with Crippen LogP contribution in [0, 0.1) is 13.8 Å². The molecule has 1 saturated carbocycles. The predicted molar refractivity (Wildman–Crippen MR) is 122 cm³/mol. The maximum atomic E-state index is 12.7. The number of nitrogens with zero attached hydrogens (tertiary/aromatic N) is 2. The summed E-state index contributed by atoms with van der Waals surface area (Å²) in [6.45, 7) is 7.97. The van der Waals surface area contributed by atoms with Crippen LogP contribution >= 0.6 is 11.8 Å². The lowest BCUT2D eigenvalue weighted by molar-refractivity contribution is -0.113. The van der Waals surface area contributed by atoms with Crippen molar-refractivity contribution in [2.24, 2.45) is 0 Å². The molecular formula is C23H32N4O2S. The van der Waals surface area contributed by atoms with Gasteiger partial charge in [-0.05, 0) is 52.7 Å². The molecule has 3 rings (SSSR count). The highest BCUT2D eigenvalue weighted by molar-refractivity contribution is 7.99. The lowest BCUT2D eigenvalue weighted by Crippen LogP contribution is -2.31. The summed E-state index contributed by atoms with van der Waals surface area (Å²) in [6.07, 6.45) is 6.16. The fourth-order valence-electron chi connectivity index (χ4n) is 3.91. The van der Waals surface area contributed by atoms with Crippen molar-refractivity contribution in [3.63, 3.8) is 0 Å². The van der Waals surface area contributed by atoms with Crippen LogP contribution in [0.2, 0.25) is 0 Å². The highest BCUT2D eigenvalue weighted by Crippen LogP contribution is 2.34. The van der Waals surface area contributed by atoms with Crippen LogP contribution in [0.3, 0.4) is 0 Å². The van der Waals surface area contributed by atoms with E-state index in [2.05, 4.69) is 22.1 Å². The normalized spacial score (nSPS) is 14.7. The van der Waals surface area contributed by atoms with Crippen LogP contribution in [0.15, 0.2) is 29.4 Å². The maximum absolute atomic E-state index is 12.7. The average molecular weight is 429 g/mol. The third kappa shape index (κ3) is 5.45. The van der Waals surface area contributed by atoms with E-state index in [0.717, 1.165) is 10.9 Å². The number of rotatable bonds is 7. The summed E-state index contributed by atoms with van der Waals surface area (Å²) in [7, 11) is 0. The van der Waals surface area contributed by atoms with E-state index in [4.69, 9.17) is 4.98 Å². The van der Waals surface area contributed by atoms with E-state index in [1.807, 2.05) is 26.8 Å². The Morgan fingerprint density at radius 1 is 1.17 bits per heavy atom. The number of anilines is 1. The number of carbonyl (C=O) groups excluding carboxylic acids is 2. The predicted octanol–water partition coefficient (Wildman–Crippen LogP) is 4.87. The second-order valence-corrected chi connectivity index (χ2v) is 9.18. The molecule has 1 heterocycles. The van der Waals surface area contributed by atoms with E-state index in [1.54, 1.807) is 18.2 Å². The molecule has 0 unspecified atom stereocenters. The number of amides is 2. The second kappa shape index (κ2) is 10.2. The van der Waals surface area contributed by atoms with Crippen molar-refractivity contribution in [2.45, 2.75) is 77.0 Å². The molecule has 6 nitrogen and oxygen atoms in total. The Kier molecular flexibility index (Phi) is 7.58. The minimum absolute atomic E-state index is 0.0296. The van der Waals surface area contributed by atoms with Crippen LogP contribution in [0.5, 0.6) is 0 Å². The van der Waals surface area contributed by atoms with E-state index in [0.29, 0.717) is 17.3 Å². The molecule has 2 N–H and O–H groups in total. The first kappa shape index (κ1) is 22.4. The summed E-state index contributed by atoms with van der Waals surface area (Å²) >= 11 is 1.47. The number of hydrogen-bond donors (Lipinski definition) is 2. The summed E-state index contributed by atoms with van der Waals surface area (Å²) in [6, 6.07) is 7.61. The lowest BCUT2D eigenvalue weighted by atomic mass is 9.95. The van der Waals surface area contributed by atoms with Gasteiger partial charge in [0.1, 0.15) is 0 Å². The molecule has 1 aliphatic rings. The molecule has 162 valence electrons. The first-order valence-corrected chi connectivity index (χ1v) is 11.7. The molecule has 0 bridgehead atoms. The standard InChI is InChI=1S/C23H32N4O2S/c1-15(2)24-22(29)19-12-8-9-13-20(19)26-21(28)14-30-23-25-16(3)17(4)27(23)18-10-6-5-7-11-18/h8-9,12-13,15,18H,5-7,10-11,14H2,1-4H3,(H,24,29)(H,26,28). The highest BCUT2D eigenvalue weighted by atomic mass is 32.2. The number of nitrogens with one attached hydrogen (secondary N) is 2. The molecule has 7 heteroatoms. The molecule has 30 heavy (non-hydrogen) atoms. The number of imidazole rings is 1. The molecule has 0 atom stereocenters. The minimum Gasteiger partial charge on any atom is -0.350 e. The molecule has 0 radical (unpaired) electrons. The van der Waals surface area contributed by atoms with Crippen molar-refractivity contribution in [3.8, 4) is 0 Å². The summed E-state index contributed by atoms with van der Waals surface area (Å²) < 4.78 is 2.33. The topological polar surface area (TPSA) is 76.0 Å². The molecule has 0 spiro atoms. The zero-order chi connectivity index (χ0) is 21.7. The second-order valence-electron chi connectivity index (χ2n) is 8.24. The van der Waals surface area contributed by atoms with Crippen molar-refractivity contribution in [1.82, 2.24) is 14.9 Å². The number of benzene rings is 1. The van der Waals surface area contributed by atoms with Crippen LogP contribution in [0.1, 0.15) is 73.7 Å². The SMILES string of the molecule is Cc1nc(SCC(=O)Nc2ccccc2C(=O)NC(C)C)n(C2CCCCC2)c1C. The van der Waals surface area contributed by atoms with Crippen LogP contribution in [0.4, 0.5) is 5.69 Å². The van der Waals surface area contributed by atoms with Gasteiger partial charge in [0.25, 0.3) is 5.91 Å². The number of thioether (sulfide) groups is 1. The molecule has 1 aliphatic carbocycles. The van der Waals surface area contributed by atoms with Crippen molar-refractivity contribution < 1.29 is 9.59 Å². The van der Waals surface area contributed by atoms with Gasteiger partial charge in [0.2, 0.25) is 5.91 Å². The van der Waals surface area contributed by atoms with E-state index in [1.165, 1.54) is 49.6 Å². The Hall–Kier alpha value is -2.28. The van der Waals surface area contributed by atoms with Crippen LogP contribution < -0.4 is 10.6 Å². The molecular weight excluding hydrogens is 396 g/mol. The van der Waals surface area contributed by atoms with Gasteiger partial charge in [-0.1, -0.05) is 43.2 Å². The third-order valence-electron chi connectivity index (χ3n) is 5.49. The Balaban J connectivity index is 1.68. The fourth-order valence-corrected chi connectivity index (χ4v) is 4.87. The highest BCUT2D eigenvalue weighted by Gasteiger charge is 2.22. The molecule has 1 aromatic carbocycles. The quantitative estimate of drug-likeness (QED) is 0.617. The lowest BCUT2D eigenvalue weighted by Gasteiger charge is -2.26. The van der Waals surface area contributed by atoms with Gasteiger partial charge in [0, 0.05) is 17.8 Å². The van der Waals surface area contributed by atoms with Crippen molar-refractivity contribution in [3.05, 3.63) is 41.2 Å². The zero-order valence-corrected chi connectivity index (χ0v) is 19.1. The number of aryl methyl sites for hydroxylation is 1. The van der Waals surface area contributed by atoms with Gasteiger partial charge in [0.15, 0.2) is 5.16 Å².